The van der Waals surface area contributed by atoms with E-state index in [0.717, 1.165) is 35.0 Å². The number of thioether (sulfide) groups is 1. The van der Waals surface area contributed by atoms with Gasteiger partial charge >= 0.3 is 0 Å². The first-order chi connectivity index (χ1) is 15.5. The van der Waals surface area contributed by atoms with Crippen molar-refractivity contribution in [1.29, 1.82) is 0 Å². The minimum Gasteiger partial charge on any atom is -0.467 e. The van der Waals surface area contributed by atoms with Crippen LogP contribution in [0, 0.1) is 12.8 Å². The predicted octanol–water partition coefficient (Wildman–Crippen LogP) is 4.25. The highest BCUT2D eigenvalue weighted by molar-refractivity contribution is 7.99. The Kier molecular flexibility index (Phi) is 5.64. The second-order valence-electron chi connectivity index (χ2n) is 8.06. The quantitative estimate of drug-likeness (QED) is 0.332. The van der Waals surface area contributed by atoms with Gasteiger partial charge in [-0.1, -0.05) is 23.8 Å². The molecule has 5 rings (SSSR count). The van der Waals surface area contributed by atoms with Crippen LogP contribution in [0.15, 0.2) is 43.4 Å². The van der Waals surface area contributed by atoms with Gasteiger partial charge in [0.2, 0.25) is 5.91 Å². The molecule has 1 amide bonds. The standard InChI is InChI=1S/C22H22N4O4S2/c1-12-5-6-15-16(8-12)32-20-19(15)21(28)26(10-14-4-3-7-29-14)22(24-20)31-11-18(27)23-17-9-13(2)30-25-17/h3-4,7,9,12H,5-6,8,10-11H2,1-2H3,(H,23,25,27). The average Bonchev–Trinajstić information content (AvgIpc) is 3.48. The van der Waals surface area contributed by atoms with Gasteiger partial charge in [0.25, 0.3) is 5.56 Å². The van der Waals surface area contributed by atoms with E-state index in [9.17, 15) is 9.59 Å². The summed E-state index contributed by atoms with van der Waals surface area (Å²) in [4.78, 5) is 32.8. The van der Waals surface area contributed by atoms with Crippen LogP contribution in [-0.4, -0.2) is 26.4 Å². The summed E-state index contributed by atoms with van der Waals surface area (Å²) in [5.74, 6) is 2.09. The van der Waals surface area contributed by atoms with Gasteiger partial charge in [-0.25, -0.2) is 4.98 Å². The minimum atomic E-state index is -0.249. The summed E-state index contributed by atoms with van der Waals surface area (Å²) in [6.07, 6.45) is 4.55. The molecule has 0 saturated carbocycles. The van der Waals surface area contributed by atoms with Gasteiger partial charge in [0.05, 0.1) is 23.9 Å². The Bertz CT molecular complexity index is 1340. The summed E-state index contributed by atoms with van der Waals surface area (Å²) in [6, 6.07) is 5.27. The monoisotopic (exact) mass is 470 g/mol. The number of rotatable bonds is 6. The van der Waals surface area contributed by atoms with Crippen LogP contribution in [0.5, 0.6) is 0 Å². The molecule has 0 bridgehead atoms. The Morgan fingerprint density at radius 2 is 2.31 bits per heavy atom. The van der Waals surface area contributed by atoms with Crippen LogP contribution < -0.4 is 10.9 Å². The second kappa shape index (κ2) is 8.59. The lowest BCUT2D eigenvalue weighted by atomic mass is 9.89. The lowest BCUT2D eigenvalue weighted by molar-refractivity contribution is -0.113. The Hall–Kier alpha value is -2.85. The van der Waals surface area contributed by atoms with Gasteiger partial charge in [0, 0.05) is 10.9 Å². The highest BCUT2D eigenvalue weighted by Gasteiger charge is 2.25. The topological polar surface area (TPSA) is 103 Å². The van der Waals surface area contributed by atoms with Crippen molar-refractivity contribution in [3.05, 3.63) is 56.8 Å². The van der Waals surface area contributed by atoms with Crippen LogP contribution in [0.3, 0.4) is 0 Å². The molecular weight excluding hydrogens is 448 g/mol. The number of aryl methyl sites for hydroxylation is 2. The number of carbonyl (C=O) groups excluding carboxylic acids is 1. The third-order valence-corrected chi connectivity index (χ3v) is 7.63. The van der Waals surface area contributed by atoms with Gasteiger partial charge in [-0.05, 0) is 49.8 Å². The molecule has 0 radical (unpaired) electrons. The van der Waals surface area contributed by atoms with Gasteiger partial charge in [0.15, 0.2) is 11.0 Å². The molecule has 0 saturated heterocycles. The highest BCUT2D eigenvalue weighted by atomic mass is 32.2. The van der Waals surface area contributed by atoms with Crippen LogP contribution in [0.4, 0.5) is 5.82 Å². The molecular formula is C22H22N4O4S2. The number of thiophene rings is 1. The summed E-state index contributed by atoms with van der Waals surface area (Å²) < 4.78 is 12.1. The zero-order chi connectivity index (χ0) is 22.2. The van der Waals surface area contributed by atoms with Crippen molar-refractivity contribution in [3.63, 3.8) is 0 Å². The summed E-state index contributed by atoms with van der Waals surface area (Å²) in [5, 5.41) is 7.69. The van der Waals surface area contributed by atoms with Crippen molar-refractivity contribution < 1.29 is 13.7 Å². The summed E-state index contributed by atoms with van der Waals surface area (Å²) >= 11 is 2.83. The Labute approximate surface area is 192 Å². The Morgan fingerprint density at radius 3 is 3.06 bits per heavy atom. The maximum atomic E-state index is 13.6. The van der Waals surface area contributed by atoms with Gasteiger partial charge in [0.1, 0.15) is 16.4 Å². The van der Waals surface area contributed by atoms with Crippen LogP contribution >= 0.6 is 23.1 Å². The highest BCUT2D eigenvalue weighted by Crippen LogP contribution is 2.36. The van der Waals surface area contributed by atoms with Crippen LogP contribution in [0.2, 0.25) is 0 Å². The van der Waals surface area contributed by atoms with E-state index in [-0.39, 0.29) is 23.8 Å². The normalized spacial score (nSPS) is 15.8. The van der Waals surface area contributed by atoms with Crippen LogP contribution in [-0.2, 0) is 24.2 Å². The fourth-order valence-corrected chi connectivity index (χ4v) is 6.17. The Balaban J connectivity index is 1.48. The minimum absolute atomic E-state index is 0.0755. The van der Waals surface area contributed by atoms with Crippen molar-refractivity contribution in [1.82, 2.24) is 14.7 Å². The molecule has 1 N–H and O–H groups in total. The number of furan rings is 1. The van der Waals surface area contributed by atoms with Crippen molar-refractivity contribution in [2.24, 2.45) is 5.92 Å². The van der Waals surface area contributed by atoms with E-state index in [1.165, 1.54) is 16.6 Å². The van der Waals surface area contributed by atoms with Gasteiger partial charge in [-0.3, -0.25) is 14.2 Å². The van der Waals surface area contributed by atoms with Crippen molar-refractivity contribution in [3.8, 4) is 0 Å². The molecule has 0 spiro atoms. The molecule has 1 unspecified atom stereocenters. The zero-order valence-corrected chi connectivity index (χ0v) is 19.3. The number of fused-ring (bicyclic) bond motifs is 3. The smallest absolute Gasteiger partial charge is 0.263 e. The summed E-state index contributed by atoms with van der Waals surface area (Å²) in [5.41, 5.74) is 1.07. The molecule has 32 heavy (non-hydrogen) atoms. The van der Waals surface area contributed by atoms with Gasteiger partial charge in [-0.2, -0.15) is 0 Å². The number of anilines is 1. The molecule has 0 fully saturated rings. The number of hydrogen-bond acceptors (Lipinski definition) is 8. The Morgan fingerprint density at radius 1 is 1.44 bits per heavy atom. The molecule has 4 aromatic rings. The second-order valence-corrected chi connectivity index (χ2v) is 10.1. The van der Waals surface area contributed by atoms with Gasteiger partial charge < -0.3 is 14.3 Å². The maximum Gasteiger partial charge on any atom is 0.263 e. The number of amides is 1. The molecule has 1 aliphatic rings. The number of nitrogens with one attached hydrogen (secondary N) is 1. The van der Waals surface area contributed by atoms with Gasteiger partial charge in [-0.15, -0.1) is 11.3 Å². The number of carbonyl (C=O) groups is 1. The SMILES string of the molecule is Cc1cc(NC(=O)CSc2nc3sc4c(c3c(=O)n2Cc2ccco2)CCC(C)C4)no1. The number of nitrogens with zero attached hydrogens (tertiary/aromatic N) is 3. The van der Waals surface area contributed by atoms with Crippen molar-refractivity contribution in [2.75, 3.05) is 11.1 Å². The third kappa shape index (κ3) is 4.12. The fourth-order valence-electron chi connectivity index (χ4n) is 3.95. The molecule has 10 heteroatoms. The van der Waals surface area contributed by atoms with E-state index >= 15 is 0 Å². The molecule has 1 atom stereocenters. The molecule has 8 nitrogen and oxygen atoms in total. The first kappa shape index (κ1) is 21.0. The average molecular weight is 471 g/mol. The van der Waals surface area contributed by atoms with E-state index in [4.69, 9.17) is 13.9 Å². The van der Waals surface area contributed by atoms with Crippen molar-refractivity contribution in [2.45, 2.75) is 44.8 Å². The maximum absolute atomic E-state index is 13.6. The fraction of sp³-hybridized carbons (Fsp3) is 0.364. The van der Waals surface area contributed by atoms with E-state index in [1.807, 2.05) is 6.07 Å². The van der Waals surface area contributed by atoms with E-state index in [1.54, 1.807) is 41.2 Å². The lowest BCUT2D eigenvalue weighted by Crippen LogP contribution is -2.25. The first-order valence-corrected chi connectivity index (χ1v) is 12.2. The molecule has 0 aliphatic heterocycles. The number of hydrogen-bond donors (Lipinski definition) is 1. The molecule has 1 aliphatic carbocycles. The zero-order valence-electron chi connectivity index (χ0n) is 17.7. The first-order valence-electron chi connectivity index (χ1n) is 10.4. The molecule has 166 valence electrons. The molecule has 0 aromatic carbocycles. The van der Waals surface area contributed by atoms with Crippen LogP contribution in [0.1, 0.15) is 35.3 Å². The lowest BCUT2D eigenvalue weighted by Gasteiger charge is -2.17. The van der Waals surface area contributed by atoms with Crippen molar-refractivity contribution >= 4 is 45.0 Å². The predicted molar refractivity (Wildman–Crippen MR) is 123 cm³/mol. The summed E-state index contributed by atoms with van der Waals surface area (Å²) in [6.45, 7) is 4.26. The third-order valence-electron chi connectivity index (χ3n) is 5.50. The molecule has 4 aromatic heterocycles. The van der Waals surface area contributed by atoms with Crippen LogP contribution in [0.25, 0.3) is 10.2 Å². The summed E-state index contributed by atoms with van der Waals surface area (Å²) in [7, 11) is 0. The van der Waals surface area contributed by atoms with E-state index in [0.29, 0.717) is 28.4 Å². The largest absolute Gasteiger partial charge is 0.467 e. The molecule has 4 heterocycles. The van der Waals surface area contributed by atoms with E-state index in [2.05, 4.69) is 17.4 Å². The number of aromatic nitrogens is 3. The van der Waals surface area contributed by atoms with E-state index < -0.39 is 0 Å².